The highest BCUT2D eigenvalue weighted by Gasteiger charge is 2.18. The molecule has 0 unspecified atom stereocenters. The minimum Gasteiger partial charge on any atom is -0.463 e. The van der Waals surface area contributed by atoms with E-state index in [0.29, 0.717) is 12.2 Å². The number of carbonyl (C=O) groups excluding carboxylic acids is 2. The molecule has 0 spiro atoms. The normalized spacial score (nSPS) is 10.8. The maximum Gasteiger partial charge on any atom is 0.374 e. The predicted molar refractivity (Wildman–Crippen MR) is 110 cm³/mol. The van der Waals surface area contributed by atoms with E-state index >= 15 is 0 Å². The van der Waals surface area contributed by atoms with Gasteiger partial charge in [0.05, 0.1) is 7.11 Å². The van der Waals surface area contributed by atoms with Gasteiger partial charge in [-0.1, -0.05) is 0 Å². The average molecular weight is 395 g/mol. The van der Waals surface area contributed by atoms with E-state index in [1.807, 2.05) is 0 Å². The number of hydrogen-bond donors (Lipinski definition) is 1. The molecule has 0 fully saturated rings. The van der Waals surface area contributed by atoms with Crippen LogP contribution in [0, 0.1) is 34.6 Å². The minimum absolute atomic E-state index is 0.0130. The van der Waals surface area contributed by atoms with Gasteiger partial charge in [0.25, 0.3) is 5.91 Å². The molecule has 1 amide bonds. The fourth-order valence-electron chi connectivity index (χ4n) is 3.40. The van der Waals surface area contributed by atoms with Crippen LogP contribution in [0.25, 0.3) is 0 Å². The molecule has 0 saturated carbocycles. The Kier molecular flexibility index (Phi) is 5.64. The van der Waals surface area contributed by atoms with E-state index in [4.69, 9.17) is 8.83 Å². The summed E-state index contributed by atoms with van der Waals surface area (Å²) >= 11 is 0. The first-order valence-corrected chi connectivity index (χ1v) is 9.37. The lowest BCUT2D eigenvalue weighted by Gasteiger charge is -2.18. The number of nitrogens with one attached hydrogen (secondary N) is 1. The quantitative estimate of drug-likeness (QED) is 0.612. The van der Waals surface area contributed by atoms with Crippen molar-refractivity contribution in [1.29, 1.82) is 0 Å². The lowest BCUT2D eigenvalue weighted by atomic mass is 9.88. The van der Waals surface area contributed by atoms with Crippen LogP contribution >= 0.6 is 0 Å². The molecule has 0 aliphatic heterocycles. The van der Waals surface area contributed by atoms with Crippen LogP contribution in [0.1, 0.15) is 60.3 Å². The van der Waals surface area contributed by atoms with Crippen LogP contribution in [0.4, 0.5) is 5.88 Å². The molecule has 2 aromatic heterocycles. The van der Waals surface area contributed by atoms with Gasteiger partial charge in [-0.2, -0.15) is 0 Å². The average Bonchev–Trinajstić information content (AvgIpc) is 3.37. The summed E-state index contributed by atoms with van der Waals surface area (Å²) in [5, 5.41) is 2.58. The Hall–Kier alpha value is -3.28. The summed E-state index contributed by atoms with van der Waals surface area (Å²) in [4.78, 5) is 23.9. The number of methoxy groups -OCH3 is 1. The first-order chi connectivity index (χ1) is 13.7. The topological polar surface area (TPSA) is 81.7 Å². The zero-order chi connectivity index (χ0) is 21.3. The van der Waals surface area contributed by atoms with E-state index in [2.05, 4.69) is 44.7 Å². The molecule has 6 nitrogen and oxygen atoms in total. The standard InChI is InChI=1S/C23H25NO5/c1-12-13(2)15(4)18(16(5)14(12)3)11-17-7-8-19(28-17)22(25)24-21-10-9-20(29-21)23(26)27-6/h7-10H,11H2,1-6H3,(H,24,25). The second-order valence-corrected chi connectivity index (χ2v) is 7.16. The predicted octanol–water partition coefficient (Wildman–Crippen LogP) is 5.04. The molecule has 2 heterocycles. The van der Waals surface area contributed by atoms with Gasteiger partial charge in [-0.3, -0.25) is 10.1 Å². The zero-order valence-electron chi connectivity index (χ0n) is 17.6. The maximum atomic E-state index is 12.4. The molecule has 0 radical (unpaired) electrons. The van der Waals surface area contributed by atoms with Gasteiger partial charge in [0.1, 0.15) is 5.76 Å². The van der Waals surface area contributed by atoms with Crippen molar-refractivity contribution in [3.8, 4) is 0 Å². The molecular formula is C23H25NO5. The van der Waals surface area contributed by atoms with Crippen molar-refractivity contribution in [2.75, 3.05) is 12.4 Å². The monoisotopic (exact) mass is 395 g/mol. The van der Waals surface area contributed by atoms with Crippen molar-refractivity contribution in [2.24, 2.45) is 0 Å². The summed E-state index contributed by atoms with van der Waals surface area (Å²) in [6, 6.07) is 6.36. The fraction of sp³-hybridized carbons (Fsp3) is 0.304. The number of esters is 1. The lowest BCUT2D eigenvalue weighted by Crippen LogP contribution is -2.10. The summed E-state index contributed by atoms with van der Waals surface area (Å²) in [7, 11) is 1.26. The highest BCUT2D eigenvalue weighted by atomic mass is 16.5. The Morgan fingerprint density at radius 1 is 0.828 bits per heavy atom. The molecule has 6 heteroatoms. The summed E-state index contributed by atoms with van der Waals surface area (Å²) in [5.41, 5.74) is 7.60. The maximum absolute atomic E-state index is 12.4. The molecule has 1 aromatic carbocycles. The van der Waals surface area contributed by atoms with Gasteiger partial charge in [-0.15, -0.1) is 0 Å². The van der Waals surface area contributed by atoms with E-state index in [9.17, 15) is 9.59 Å². The lowest BCUT2D eigenvalue weighted by molar-refractivity contribution is 0.0565. The van der Waals surface area contributed by atoms with Crippen molar-refractivity contribution in [2.45, 2.75) is 41.0 Å². The second kappa shape index (κ2) is 7.99. The number of carbonyl (C=O) groups is 2. The first-order valence-electron chi connectivity index (χ1n) is 9.37. The van der Waals surface area contributed by atoms with Gasteiger partial charge < -0.3 is 13.6 Å². The van der Waals surface area contributed by atoms with Gasteiger partial charge in [-0.25, -0.2) is 4.79 Å². The van der Waals surface area contributed by atoms with Crippen LogP contribution in [0.5, 0.6) is 0 Å². The molecule has 0 bridgehead atoms. The highest BCUT2D eigenvalue weighted by molar-refractivity contribution is 6.01. The van der Waals surface area contributed by atoms with E-state index in [0.717, 1.165) is 0 Å². The third-order valence-electron chi connectivity index (χ3n) is 5.62. The Morgan fingerprint density at radius 3 is 2.03 bits per heavy atom. The number of ether oxygens (including phenoxy) is 1. The van der Waals surface area contributed by atoms with Crippen LogP contribution in [0.2, 0.25) is 0 Å². The molecule has 0 aliphatic carbocycles. The molecule has 0 aliphatic rings. The van der Waals surface area contributed by atoms with Crippen LogP contribution < -0.4 is 5.32 Å². The van der Waals surface area contributed by atoms with E-state index in [1.54, 1.807) is 12.1 Å². The van der Waals surface area contributed by atoms with Gasteiger partial charge in [0, 0.05) is 12.5 Å². The Morgan fingerprint density at radius 2 is 1.41 bits per heavy atom. The zero-order valence-corrected chi connectivity index (χ0v) is 17.6. The van der Waals surface area contributed by atoms with Crippen LogP contribution in [0.3, 0.4) is 0 Å². The van der Waals surface area contributed by atoms with E-state index in [1.165, 1.54) is 52.6 Å². The van der Waals surface area contributed by atoms with Gasteiger partial charge in [-0.05, 0) is 86.2 Å². The molecule has 0 atom stereocenters. The van der Waals surface area contributed by atoms with Crippen molar-refractivity contribution in [3.05, 3.63) is 74.9 Å². The number of anilines is 1. The Balaban J connectivity index is 1.77. The fourth-order valence-corrected chi connectivity index (χ4v) is 3.40. The second-order valence-electron chi connectivity index (χ2n) is 7.16. The highest BCUT2D eigenvalue weighted by Crippen LogP contribution is 2.28. The van der Waals surface area contributed by atoms with Crippen LogP contribution in [-0.2, 0) is 11.2 Å². The summed E-state index contributed by atoms with van der Waals surface area (Å²) < 4.78 is 15.6. The number of furan rings is 2. The number of hydrogen-bond acceptors (Lipinski definition) is 5. The molecule has 3 aromatic rings. The third-order valence-corrected chi connectivity index (χ3v) is 5.62. The SMILES string of the molecule is COC(=O)c1ccc(NC(=O)c2ccc(Cc3c(C)c(C)c(C)c(C)c3C)o2)o1. The van der Waals surface area contributed by atoms with Gasteiger partial charge in [0.2, 0.25) is 11.6 Å². The first kappa shape index (κ1) is 20.5. The van der Waals surface area contributed by atoms with Crippen LogP contribution in [-0.4, -0.2) is 19.0 Å². The smallest absolute Gasteiger partial charge is 0.374 e. The molecule has 152 valence electrons. The van der Waals surface area contributed by atoms with Crippen molar-refractivity contribution < 1.29 is 23.2 Å². The summed E-state index contributed by atoms with van der Waals surface area (Å²) in [6.07, 6.45) is 0.611. The van der Waals surface area contributed by atoms with Gasteiger partial charge in [0.15, 0.2) is 5.76 Å². The number of benzene rings is 1. The largest absolute Gasteiger partial charge is 0.463 e. The summed E-state index contributed by atoms with van der Waals surface area (Å²) in [6.45, 7) is 10.7. The number of rotatable bonds is 5. The van der Waals surface area contributed by atoms with Crippen molar-refractivity contribution in [3.63, 3.8) is 0 Å². The molecule has 3 rings (SSSR count). The van der Waals surface area contributed by atoms with Crippen molar-refractivity contribution in [1.82, 2.24) is 0 Å². The van der Waals surface area contributed by atoms with Gasteiger partial charge >= 0.3 is 5.97 Å². The molecular weight excluding hydrogens is 370 g/mol. The van der Waals surface area contributed by atoms with Crippen molar-refractivity contribution >= 4 is 17.8 Å². The van der Waals surface area contributed by atoms with E-state index < -0.39 is 11.9 Å². The number of amides is 1. The Labute approximate surface area is 169 Å². The molecule has 1 N–H and O–H groups in total. The minimum atomic E-state index is -0.611. The van der Waals surface area contributed by atoms with Crippen LogP contribution in [0.15, 0.2) is 33.1 Å². The molecule has 0 saturated heterocycles. The summed E-state index contributed by atoms with van der Waals surface area (Å²) in [5.74, 6) is -0.0265. The Bertz CT molecular complexity index is 1060. The molecule has 29 heavy (non-hydrogen) atoms. The third kappa shape index (κ3) is 3.97. The van der Waals surface area contributed by atoms with E-state index in [-0.39, 0.29) is 17.4 Å².